The third kappa shape index (κ3) is 3.46. The van der Waals surface area contributed by atoms with Crippen LogP contribution in [0, 0.1) is 0 Å². The number of hydrogen-bond acceptors (Lipinski definition) is 9. The van der Waals surface area contributed by atoms with Crippen LogP contribution in [0.4, 0.5) is 0 Å². The lowest BCUT2D eigenvalue weighted by Crippen LogP contribution is -2.24. The maximum Gasteiger partial charge on any atom is 0.240 e. The van der Waals surface area contributed by atoms with Gasteiger partial charge < -0.3 is 10.4 Å². The maximum absolute atomic E-state index is 12.2. The van der Waals surface area contributed by atoms with Gasteiger partial charge >= 0.3 is 0 Å². The van der Waals surface area contributed by atoms with E-state index in [1.165, 1.54) is 6.07 Å². The second-order valence-corrected chi connectivity index (χ2v) is 8.93. The van der Waals surface area contributed by atoms with Crippen LogP contribution in [0.25, 0.3) is 11.4 Å². The van der Waals surface area contributed by atoms with Gasteiger partial charge in [0.2, 0.25) is 25.9 Å². The predicted octanol–water partition coefficient (Wildman–Crippen LogP) is -2.40. The summed E-state index contributed by atoms with van der Waals surface area (Å²) >= 11 is 0. The molecule has 1 fully saturated rings. The third-order valence-corrected chi connectivity index (χ3v) is 6.27. The molecule has 0 bridgehead atoms. The number of nitrogens with one attached hydrogen (secondary N) is 2. The van der Waals surface area contributed by atoms with Gasteiger partial charge in [-0.1, -0.05) is 6.07 Å². The van der Waals surface area contributed by atoms with E-state index in [1.807, 2.05) is 0 Å². The number of primary sulfonamides is 2. The largest absolute Gasteiger partial charge is 0.395 e. The molecule has 2 aromatic rings. The molecule has 1 aliphatic heterocycles. The van der Waals surface area contributed by atoms with Gasteiger partial charge in [-0.25, -0.2) is 27.1 Å². The molecule has 0 radical (unpaired) electrons. The van der Waals surface area contributed by atoms with Crippen molar-refractivity contribution in [2.75, 3.05) is 13.2 Å². The molecule has 26 heavy (non-hydrogen) atoms. The third-order valence-electron chi connectivity index (χ3n) is 4.20. The van der Waals surface area contributed by atoms with Crippen LogP contribution in [0.2, 0.25) is 0 Å². The van der Waals surface area contributed by atoms with E-state index in [-0.39, 0.29) is 30.0 Å². The monoisotopic (exact) mass is 403 g/mol. The number of aromatic nitrogens is 4. The number of benzene rings is 1. The van der Waals surface area contributed by atoms with E-state index in [2.05, 4.69) is 25.9 Å². The first-order chi connectivity index (χ1) is 12.1. The smallest absolute Gasteiger partial charge is 0.240 e. The van der Waals surface area contributed by atoms with Crippen LogP contribution >= 0.6 is 0 Å². The molecule has 2 heterocycles. The number of nitrogens with two attached hydrogens (primary N) is 2. The Kier molecular flexibility index (Phi) is 4.80. The highest BCUT2D eigenvalue weighted by atomic mass is 32.2. The normalized spacial score (nSPS) is 21.2. The molecule has 142 valence electrons. The number of nitrogens with zero attached hydrogens (tertiary/aromatic N) is 3. The Bertz CT molecular complexity index is 1020. The Labute approximate surface area is 149 Å². The molecule has 0 saturated carbocycles. The van der Waals surface area contributed by atoms with Crippen LogP contribution in [0.15, 0.2) is 21.9 Å². The molecule has 3 rings (SSSR count). The zero-order valence-electron chi connectivity index (χ0n) is 13.3. The van der Waals surface area contributed by atoms with Gasteiger partial charge in [0, 0.05) is 18.2 Å². The van der Waals surface area contributed by atoms with Gasteiger partial charge in [-0.05, 0) is 29.2 Å². The van der Waals surface area contributed by atoms with Crippen molar-refractivity contribution in [2.45, 2.75) is 28.2 Å². The molecule has 1 aromatic carbocycles. The second-order valence-electron chi connectivity index (χ2n) is 5.90. The first-order valence-electron chi connectivity index (χ1n) is 7.43. The highest BCUT2D eigenvalue weighted by Gasteiger charge is 2.34. The lowest BCUT2D eigenvalue weighted by atomic mass is 9.91. The number of tetrazole rings is 1. The molecule has 1 saturated heterocycles. The Hall–Kier alpha value is -1.97. The van der Waals surface area contributed by atoms with Crippen molar-refractivity contribution in [1.29, 1.82) is 0 Å². The summed E-state index contributed by atoms with van der Waals surface area (Å²) in [6, 6.07) is 2.38. The maximum atomic E-state index is 12.2. The van der Waals surface area contributed by atoms with E-state index in [9.17, 15) is 21.9 Å². The van der Waals surface area contributed by atoms with Crippen LogP contribution in [0.3, 0.4) is 0 Å². The molecule has 1 aliphatic rings. The molecule has 0 amide bonds. The zero-order valence-corrected chi connectivity index (χ0v) is 15.0. The highest BCUT2D eigenvalue weighted by molar-refractivity contribution is 7.92. The van der Waals surface area contributed by atoms with E-state index in [4.69, 9.17) is 10.3 Å². The van der Waals surface area contributed by atoms with Crippen molar-refractivity contribution in [3.8, 4) is 11.4 Å². The average Bonchev–Trinajstić information content (AvgIpc) is 3.23. The summed E-state index contributed by atoms with van der Waals surface area (Å²) in [5.74, 6) is -0.349. The van der Waals surface area contributed by atoms with Gasteiger partial charge in [-0.3, -0.25) is 0 Å². The van der Waals surface area contributed by atoms with Crippen molar-refractivity contribution in [1.82, 2.24) is 25.9 Å². The molecule has 0 aliphatic carbocycles. The topological polar surface area (TPSA) is 207 Å². The molecule has 2 atom stereocenters. The summed E-state index contributed by atoms with van der Waals surface area (Å²) in [4.78, 5) is -1.32. The SMILES string of the molecule is NS(=O)(=O)c1ccc([C@H]2CN[C@H](CO)C2)c(-c2nn[nH]n2)c1S(N)(=O)=O. The van der Waals surface area contributed by atoms with E-state index >= 15 is 0 Å². The van der Waals surface area contributed by atoms with Crippen molar-refractivity contribution >= 4 is 20.0 Å². The Balaban J connectivity index is 2.34. The molecule has 0 unspecified atom stereocenters. The molecular weight excluding hydrogens is 386 g/mol. The molecule has 12 nitrogen and oxygen atoms in total. The summed E-state index contributed by atoms with van der Waals surface area (Å²) in [6.45, 7) is 0.347. The van der Waals surface area contributed by atoms with Gasteiger partial charge in [0.25, 0.3) is 0 Å². The predicted molar refractivity (Wildman–Crippen MR) is 88.6 cm³/mol. The van der Waals surface area contributed by atoms with Gasteiger partial charge in [0.15, 0.2) is 0 Å². The fourth-order valence-corrected chi connectivity index (χ4v) is 5.28. The number of rotatable bonds is 5. The second kappa shape index (κ2) is 6.64. The number of aromatic amines is 1. The quantitative estimate of drug-likeness (QED) is 0.360. The van der Waals surface area contributed by atoms with Gasteiger partial charge in [0.1, 0.15) is 9.79 Å². The van der Waals surface area contributed by atoms with Crippen LogP contribution in [-0.2, 0) is 20.0 Å². The van der Waals surface area contributed by atoms with Crippen molar-refractivity contribution in [3.05, 3.63) is 17.7 Å². The van der Waals surface area contributed by atoms with Crippen LogP contribution in [0.1, 0.15) is 17.9 Å². The fourth-order valence-electron chi connectivity index (χ4n) is 3.12. The number of aliphatic hydroxyl groups excluding tert-OH is 1. The number of hydrogen-bond donors (Lipinski definition) is 5. The first kappa shape index (κ1) is 18.8. The van der Waals surface area contributed by atoms with Crippen molar-refractivity contribution < 1.29 is 21.9 Å². The van der Waals surface area contributed by atoms with E-state index < -0.39 is 29.8 Å². The van der Waals surface area contributed by atoms with E-state index in [1.54, 1.807) is 0 Å². The van der Waals surface area contributed by atoms with Crippen molar-refractivity contribution in [3.63, 3.8) is 0 Å². The summed E-state index contributed by atoms with van der Waals surface area (Å²) in [5, 5.41) is 36.0. The van der Waals surface area contributed by atoms with E-state index in [0.29, 0.717) is 18.5 Å². The highest BCUT2D eigenvalue weighted by Crippen LogP contribution is 2.38. The minimum absolute atomic E-state index is 0.0711. The van der Waals surface area contributed by atoms with Gasteiger partial charge in [-0.2, -0.15) is 5.21 Å². The number of H-pyrrole nitrogens is 1. The number of aliphatic hydroxyl groups is 1. The summed E-state index contributed by atoms with van der Waals surface area (Å²) in [6.07, 6.45) is 0.500. The van der Waals surface area contributed by atoms with Crippen molar-refractivity contribution in [2.24, 2.45) is 10.3 Å². The lowest BCUT2D eigenvalue weighted by Gasteiger charge is -2.18. The summed E-state index contributed by atoms with van der Waals surface area (Å²) in [7, 11) is -8.88. The molecule has 1 aromatic heterocycles. The molecular formula is C12H17N7O5S2. The van der Waals surface area contributed by atoms with E-state index in [0.717, 1.165) is 6.07 Å². The summed E-state index contributed by atoms with van der Waals surface area (Å²) < 4.78 is 48.2. The Morgan fingerprint density at radius 1 is 1.19 bits per heavy atom. The zero-order chi connectivity index (χ0) is 19.1. The Morgan fingerprint density at radius 2 is 1.92 bits per heavy atom. The summed E-state index contributed by atoms with van der Waals surface area (Å²) in [5.41, 5.74) is 0.393. The van der Waals surface area contributed by atoms with Gasteiger partial charge in [-0.15, -0.1) is 10.2 Å². The Morgan fingerprint density at radius 3 is 2.42 bits per heavy atom. The van der Waals surface area contributed by atoms with Gasteiger partial charge in [0.05, 0.1) is 6.61 Å². The lowest BCUT2D eigenvalue weighted by molar-refractivity contribution is 0.254. The molecule has 7 N–H and O–H groups in total. The minimum Gasteiger partial charge on any atom is -0.395 e. The minimum atomic E-state index is -4.50. The fraction of sp³-hybridized carbons (Fsp3) is 0.417. The first-order valence-corrected chi connectivity index (χ1v) is 10.5. The average molecular weight is 403 g/mol. The molecule has 14 heteroatoms. The number of sulfonamides is 2. The van der Waals surface area contributed by atoms with Crippen LogP contribution < -0.4 is 15.6 Å². The van der Waals surface area contributed by atoms with Crippen LogP contribution in [0.5, 0.6) is 0 Å². The standard InChI is InChI=1S/C12H17N7O5S2/c13-25(21,22)9-2-1-8(6-3-7(5-20)15-4-6)10(11(9)26(14,23)24)12-16-18-19-17-12/h1-2,6-7,15,20H,3-5H2,(H2,13,21,22)(H2,14,23,24)(H,16,17,18,19)/t6-,7+/m1/s1. The molecule has 0 spiro atoms. The van der Waals surface area contributed by atoms with Crippen LogP contribution in [-0.4, -0.2) is 61.8 Å².